The van der Waals surface area contributed by atoms with Crippen molar-refractivity contribution >= 4 is 88.8 Å². The van der Waals surface area contributed by atoms with Crippen LogP contribution in [0.5, 0.6) is 0 Å². The number of aliphatic imine (C=N–C) groups is 3. The van der Waals surface area contributed by atoms with Crippen molar-refractivity contribution < 1.29 is 57.5 Å². The molecule has 0 aliphatic carbocycles. The number of benzene rings is 2. The van der Waals surface area contributed by atoms with Crippen molar-refractivity contribution in [1.29, 1.82) is 0 Å². The summed E-state index contributed by atoms with van der Waals surface area (Å²) in [5, 5.41) is 16.2. The molecule has 2 aromatic rings. The topological polar surface area (TPSA) is 643 Å². The van der Waals surface area contributed by atoms with Crippen LogP contribution in [-0.2, 0) is 70.4 Å². The summed E-state index contributed by atoms with van der Waals surface area (Å²) in [6, 6.07) is 13.0. The molecule has 0 aromatic heterocycles. The zero-order chi connectivity index (χ0) is 77.4. The molecule has 0 heterocycles. The number of nitrogens with one attached hydrogen (secondary N) is 6. The van der Waals surface area contributed by atoms with E-state index in [1.54, 1.807) is 24.3 Å². The highest BCUT2D eigenvalue weighted by molar-refractivity contribution is 5.87. The molecule has 0 saturated carbocycles. The summed E-state index contributed by atoms with van der Waals surface area (Å²) < 4.78 is 0. The molecule has 0 aliphatic heterocycles. The Morgan fingerprint density at radius 1 is 0.327 bits per heavy atom. The first kappa shape index (κ1) is 89.8. The fourth-order valence-electron chi connectivity index (χ4n) is 10.3. The Morgan fingerprint density at radius 2 is 0.567 bits per heavy atom. The Bertz CT molecular complexity index is 3100. The first-order chi connectivity index (χ1) is 49.5. The quantitative estimate of drug-likeness (QED) is 0.0166. The van der Waals surface area contributed by atoms with E-state index in [4.69, 9.17) is 68.8 Å². The van der Waals surface area contributed by atoms with E-state index in [0.717, 1.165) is 11.1 Å². The molecular weight excluding hydrogens is 1350 g/mol. The number of nitrogens with zero attached hydrogens (tertiary/aromatic N) is 8. The molecule has 38 nitrogen and oxygen atoms in total. The summed E-state index contributed by atoms with van der Waals surface area (Å²) in [7, 11) is 0. The number of rotatable bonds is 54. The van der Waals surface area contributed by atoms with E-state index in [2.05, 4.69) is 46.9 Å². The van der Waals surface area contributed by atoms with E-state index in [1.165, 1.54) is 31.4 Å². The van der Waals surface area contributed by atoms with Crippen molar-refractivity contribution in [3.8, 4) is 0 Å². The van der Waals surface area contributed by atoms with Gasteiger partial charge in [0.25, 0.3) is 0 Å². The lowest BCUT2D eigenvalue weighted by Gasteiger charge is -2.27. The number of primary amides is 1. The Morgan fingerprint density at radius 3 is 0.808 bits per heavy atom. The third-order valence-corrected chi connectivity index (χ3v) is 16.0. The van der Waals surface area contributed by atoms with E-state index < -0.39 is 95.2 Å². The van der Waals surface area contributed by atoms with Crippen molar-refractivity contribution in [2.45, 2.75) is 127 Å². The zero-order valence-corrected chi connectivity index (χ0v) is 59.9. The predicted molar refractivity (Wildman–Crippen MR) is 393 cm³/mol. The van der Waals surface area contributed by atoms with E-state index in [1.807, 2.05) is 36.4 Å². The lowest BCUT2D eigenvalue weighted by Crippen LogP contribution is -2.50. The van der Waals surface area contributed by atoms with Gasteiger partial charge in [-0.2, -0.15) is 0 Å². The van der Waals surface area contributed by atoms with Gasteiger partial charge >= 0.3 is 0 Å². The summed E-state index contributed by atoms with van der Waals surface area (Å²) in [5.41, 5.74) is 71.1. The monoisotopic (exact) mass is 1460 g/mol. The summed E-state index contributed by atoms with van der Waals surface area (Å²) in [6.45, 7) is 0.901. The SMILES string of the molecule is CC(=O)NCCN(CCC(=O)NCCN(CCC(=O)NCCN(CCC(=O)NCCN(CCC(=O)NCCN(CCC(=O)NCCC(N)=O)C(=O)[C@@H](N)Cc1ccccc1)C(=O)[C@@H](N)CCCN=C(N)N)C(=O)[C@@H](N)Cc1ccccc1)C(=O)[C@@H](N)CCCN=C(N)N)C(=O)[C@@H](N)CCCN=C(N)N. The average Bonchev–Trinajstić information content (AvgIpc) is 0.907. The van der Waals surface area contributed by atoms with Crippen molar-refractivity contribution in [2.75, 3.05) is 124 Å². The molecule has 0 fully saturated rings. The number of nitrogens with two attached hydrogens (primary N) is 12. The molecule has 5 atom stereocenters. The summed E-state index contributed by atoms with van der Waals surface area (Å²) in [6.07, 6.45) is 0.939. The van der Waals surface area contributed by atoms with Crippen LogP contribution < -0.4 is 101 Å². The Labute approximate surface area is 607 Å². The van der Waals surface area contributed by atoms with Crippen molar-refractivity contribution in [3.05, 3.63) is 71.8 Å². The summed E-state index contributed by atoms with van der Waals surface area (Å²) >= 11 is 0. The molecule has 0 spiro atoms. The molecule has 38 heteroatoms. The highest BCUT2D eigenvalue weighted by Crippen LogP contribution is 2.11. The molecule has 0 saturated heterocycles. The van der Waals surface area contributed by atoms with Gasteiger partial charge in [-0.05, 0) is 62.5 Å². The summed E-state index contributed by atoms with van der Waals surface area (Å²) in [4.78, 5) is 177. The van der Waals surface area contributed by atoms with Gasteiger partial charge in [0.05, 0.1) is 30.2 Å². The minimum atomic E-state index is -1.06. The molecule has 2 aromatic carbocycles. The molecule has 2 rings (SSSR count). The first-order valence-corrected chi connectivity index (χ1v) is 34.8. The Balaban J connectivity index is 2.21. The van der Waals surface area contributed by atoms with Gasteiger partial charge in [-0.25, -0.2) is 0 Å². The second-order valence-corrected chi connectivity index (χ2v) is 24.6. The standard InChI is InChI=1S/C66H114N26O12/c1-45(93)79-28-38-88(59(100)48(67)15-8-24-85-64(73)74)33-20-55(96)81-29-39-89(60(101)49(68)16-9-25-86-65(75)76)34-22-57(98)84-32-42-92(63(104)52(71)44-47-13-6-3-7-14-47)37-23-58(99)82-30-40-90(61(102)50(69)17-10-26-87-66(77)78)35-21-56(97)83-31-41-91(36-19-54(95)80-27-18-53(72)94)62(103)51(70)43-46-11-4-2-5-12-46/h2-7,11-14,48-52H,8-10,15-44,67-71H2,1H3,(H2,72,94)(H,79,93)(H,80,95)(H,81,96)(H,82,99)(H,83,97)(H,84,98)(H4,73,74,85)(H4,75,76,86)(H4,77,78,87)/t48-,49-,50-,51-,52-/m0/s1. The van der Waals surface area contributed by atoms with E-state index in [0.29, 0.717) is 19.3 Å². The van der Waals surface area contributed by atoms with Crippen LogP contribution in [-0.4, -0.2) is 268 Å². The maximum absolute atomic E-state index is 14.1. The third-order valence-electron chi connectivity index (χ3n) is 16.0. The largest absolute Gasteiger partial charge is 0.370 e. The number of hydrogen-bond acceptors (Lipinski definition) is 20. The zero-order valence-electron chi connectivity index (χ0n) is 59.9. The predicted octanol–water partition coefficient (Wildman–Crippen LogP) is -8.04. The van der Waals surface area contributed by atoms with Gasteiger partial charge in [0.2, 0.25) is 70.9 Å². The van der Waals surface area contributed by atoms with Crippen LogP contribution in [0.3, 0.4) is 0 Å². The number of guanidine groups is 3. The van der Waals surface area contributed by atoms with E-state index in [9.17, 15) is 57.5 Å². The second-order valence-electron chi connectivity index (χ2n) is 24.6. The Hall–Kier alpha value is -10.3. The van der Waals surface area contributed by atoms with Crippen LogP contribution in [0, 0.1) is 0 Å². The molecular formula is C66H114N26O12. The third kappa shape index (κ3) is 41.0. The van der Waals surface area contributed by atoms with Crippen LogP contribution in [0.4, 0.5) is 0 Å². The molecule has 580 valence electrons. The van der Waals surface area contributed by atoms with Gasteiger partial charge in [-0.3, -0.25) is 72.5 Å². The highest BCUT2D eigenvalue weighted by Gasteiger charge is 2.28. The van der Waals surface area contributed by atoms with Gasteiger partial charge in [0, 0.05) is 170 Å². The lowest BCUT2D eigenvalue weighted by atomic mass is 10.1. The smallest absolute Gasteiger partial charge is 0.239 e. The number of carbonyl (C=O) groups excluding carboxylic acids is 12. The van der Waals surface area contributed by atoms with Crippen LogP contribution in [0.1, 0.15) is 95.1 Å². The molecule has 12 amide bonds. The summed E-state index contributed by atoms with van der Waals surface area (Å²) in [5.74, 6) is -6.29. The molecule has 0 unspecified atom stereocenters. The fraction of sp³-hybridized carbons (Fsp3) is 0.591. The molecule has 0 radical (unpaired) electrons. The minimum Gasteiger partial charge on any atom is -0.370 e. The maximum Gasteiger partial charge on any atom is 0.239 e. The number of amides is 12. The molecule has 30 N–H and O–H groups in total. The maximum atomic E-state index is 14.1. The second kappa shape index (κ2) is 51.8. The number of hydrogen-bond donors (Lipinski definition) is 18. The van der Waals surface area contributed by atoms with Crippen molar-refractivity contribution in [2.24, 2.45) is 83.8 Å². The van der Waals surface area contributed by atoms with Crippen molar-refractivity contribution in [1.82, 2.24) is 56.4 Å². The van der Waals surface area contributed by atoms with Crippen molar-refractivity contribution in [3.63, 3.8) is 0 Å². The number of carbonyl (C=O) groups is 12. The highest BCUT2D eigenvalue weighted by atomic mass is 16.2. The minimum absolute atomic E-state index is 0.0139. The van der Waals surface area contributed by atoms with Crippen LogP contribution in [0.2, 0.25) is 0 Å². The van der Waals surface area contributed by atoms with E-state index >= 15 is 0 Å². The molecule has 104 heavy (non-hydrogen) atoms. The van der Waals surface area contributed by atoms with Gasteiger partial charge in [0.1, 0.15) is 0 Å². The van der Waals surface area contributed by atoms with E-state index in [-0.39, 0.29) is 219 Å². The lowest BCUT2D eigenvalue weighted by molar-refractivity contribution is -0.135. The molecule has 0 bridgehead atoms. The van der Waals surface area contributed by atoms with Gasteiger partial charge < -0.3 is 125 Å². The van der Waals surface area contributed by atoms with Crippen LogP contribution >= 0.6 is 0 Å². The van der Waals surface area contributed by atoms with Gasteiger partial charge in [-0.1, -0.05) is 60.7 Å². The van der Waals surface area contributed by atoms with Crippen LogP contribution in [0.25, 0.3) is 0 Å². The van der Waals surface area contributed by atoms with Gasteiger partial charge in [-0.15, -0.1) is 0 Å². The first-order valence-electron chi connectivity index (χ1n) is 34.8. The normalized spacial score (nSPS) is 12.2. The fourth-order valence-corrected chi connectivity index (χ4v) is 10.3. The van der Waals surface area contributed by atoms with Crippen LogP contribution in [0.15, 0.2) is 75.6 Å². The van der Waals surface area contributed by atoms with Gasteiger partial charge in [0.15, 0.2) is 17.9 Å². The molecule has 0 aliphatic rings. The average molecular weight is 1460 g/mol. The Kier molecular flexibility index (Phi) is 44.7.